The molecule has 1 aromatic carbocycles. The van der Waals surface area contributed by atoms with Crippen molar-refractivity contribution in [2.45, 2.75) is 44.7 Å². The second-order valence-electron chi connectivity index (χ2n) is 7.43. The van der Waals surface area contributed by atoms with Crippen molar-refractivity contribution in [1.82, 2.24) is 15.0 Å². The topological polar surface area (TPSA) is 106 Å². The summed E-state index contributed by atoms with van der Waals surface area (Å²) in [6, 6.07) is 14.5. The number of rotatable bonds is 7. The van der Waals surface area contributed by atoms with Gasteiger partial charge in [-0.3, -0.25) is 15.1 Å². The standard InChI is InChI=1S/C22H24N6O2/c29-28(30)18-11-9-16(10-12-18)15-24-21-14-20(19-8-4-5-13-23-19)26-22(27-21)25-17-6-2-1-3-7-17/h4-5,8-14,17H,1-3,6-7,15H2,(H2,24,25,26,27). The van der Waals surface area contributed by atoms with E-state index in [4.69, 9.17) is 0 Å². The van der Waals surface area contributed by atoms with Gasteiger partial charge in [0, 0.05) is 37.0 Å². The molecule has 8 nitrogen and oxygen atoms in total. The van der Waals surface area contributed by atoms with Gasteiger partial charge in [-0.2, -0.15) is 4.98 Å². The van der Waals surface area contributed by atoms with E-state index in [1.54, 1.807) is 18.3 Å². The Balaban J connectivity index is 1.54. The molecule has 0 saturated heterocycles. The molecule has 1 aliphatic rings. The first-order valence-corrected chi connectivity index (χ1v) is 10.2. The van der Waals surface area contributed by atoms with Crippen LogP contribution in [0.3, 0.4) is 0 Å². The van der Waals surface area contributed by atoms with Crippen LogP contribution in [0.5, 0.6) is 0 Å². The van der Waals surface area contributed by atoms with Crippen LogP contribution in [0.15, 0.2) is 54.7 Å². The molecule has 0 spiro atoms. The van der Waals surface area contributed by atoms with Crippen LogP contribution in [-0.4, -0.2) is 25.9 Å². The van der Waals surface area contributed by atoms with Gasteiger partial charge in [0.2, 0.25) is 5.95 Å². The highest BCUT2D eigenvalue weighted by atomic mass is 16.6. The molecular weight excluding hydrogens is 380 g/mol. The van der Waals surface area contributed by atoms with Crippen LogP contribution >= 0.6 is 0 Å². The van der Waals surface area contributed by atoms with Gasteiger partial charge in [0.25, 0.3) is 5.69 Å². The Labute approximate surface area is 175 Å². The molecule has 0 aliphatic heterocycles. The van der Waals surface area contributed by atoms with Gasteiger partial charge in [-0.1, -0.05) is 37.5 Å². The molecule has 2 aromatic heterocycles. The largest absolute Gasteiger partial charge is 0.366 e. The van der Waals surface area contributed by atoms with E-state index in [0.29, 0.717) is 24.4 Å². The smallest absolute Gasteiger partial charge is 0.269 e. The van der Waals surface area contributed by atoms with E-state index < -0.39 is 4.92 Å². The molecule has 0 bridgehead atoms. The van der Waals surface area contributed by atoms with Gasteiger partial charge >= 0.3 is 0 Å². The average molecular weight is 404 g/mol. The number of hydrogen-bond acceptors (Lipinski definition) is 7. The van der Waals surface area contributed by atoms with Crippen molar-refractivity contribution in [3.63, 3.8) is 0 Å². The highest BCUT2D eigenvalue weighted by Crippen LogP contribution is 2.24. The number of aromatic nitrogens is 3. The Morgan fingerprint density at radius 1 is 1.00 bits per heavy atom. The van der Waals surface area contributed by atoms with Crippen molar-refractivity contribution >= 4 is 17.5 Å². The van der Waals surface area contributed by atoms with Crippen LogP contribution in [0.2, 0.25) is 0 Å². The summed E-state index contributed by atoms with van der Waals surface area (Å²) in [5.41, 5.74) is 2.54. The summed E-state index contributed by atoms with van der Waals surface area (Å²) in [4.78, 5) is 24.2. The number of nitro groups is 1. The fourth-order valence-corrected chi connectivity index (χ4v) is 3.61. The van der Waals surface area contributed by atoms with Crippen LogP contribution in [-0.2, 0) is 6.54 Å². The number of nitro benzene ring substituents is 1. The van der Waals surface area contributed by atoms with E-state index in [-0.39, 0.29) is 5.69 Å². The van der Waals surface area contributed by atoms with Gasteiger partial charge in [-0.15, -0.1) is 0 Å². The predicted molar refractivity (Wildman–Crippen MR) is 116 cm³/mol. The summed E-state index contributed by atoms with van der Waals surface area (Å²) in [6.45, 7) is 0.500. The van der Waals surface area contributed by atoms with E-state index in [1.165, 1.54) is 31.4 Å². The number of non-ortho nitro benzene ring substituents is 1. The highest BCUT2D eigenvalue weighted by molar-refractivity contribution is 5.61. The Morgan fingerprint density at radius 2 is 1.80 bits per heavy atom. The van der Waals surface area contributed by atoms with Crippen LogP contribution in [0.4, 0.5) is 17.5 Å². The lowest BCUT2D eigenvalue weighted by Crippen LogP contribution is -2.23. The summed E-state index contributed by atoms with van der Waals surface area (Å²) in [5.74, 6) is 1.28. The maximum atomic E-state index is 10.8. The molecule has 3 aromatic rings. The van der Waals surface area contributed by atoms with Crippen LogP contribution in [0.25, 0.3) is 11.4 Å². The molecule has 2 heterocycles. The third-order valence-electron chi connectivity index (χ3n) is 5.21. The number of pyridine rings is 1. The normalized spacial score (nSPS) is 14.3. The minimum Gasteiger partial charge on any atom is -0.366 e. The van der Waals surface area contributed by atoms with Crippen molar-refractivity contribution in [3.05, 3.63) is 70.4 Å². The fraction of sp³-hybridized carbons (Fsp3) is 0.318. The van der Waals surface area contributed by atoms with Crippen molar-refractivity contribution < 1.29 is 4.92 Å². The van der Waals surface area contributed by atoms with E-state index in [0.717, 1.165) is 29.8 Å². The maximum Gasteiger partial charge on any atom is 0.269 e. The lowest BCUT2D eigenvalue weighted by Gasteiger charge is -2.23. The monoisotopic (exact) mass is 404 g/mol. The number of hydrogen-bond donors (Lipinski definition) is 2. The van der Waals surface area contributed by atoms with Crippen LogP contribution in [0.1, 0.15) is 37.7 Å². The third-order valence-corrected chi connectivity index (χ3v) is 5.21. The van der Waals surface area contributed by atoms with E-state index in [1.807, 2.05) is 24.3 Å². The summed E-state index contributed by atoms with van der Waals surface area (Å²) in [6.07, 6.45) is 7.74. The SMILES string of the molecule is O=[N+]([O-])c1ccc(CNc2cc(-c3ccccn3)nc(NC3CCCCC3)n2)cc1. The van der Waals surface area contributed by atoms with Gasteiger partial charge in [0.05, 0.1) is 16.3 Å². The lowest BCUT2D eigenvalue weighted by molar-refractivity contribution is -0.384. The van der Waals surface area contributed by atoms with Crippen molar-refractivity contribution in [1.29, 1.82) is 0 Å². The number of nitrogens with zero attached hydrogens (tertiary/aromatic N) is 4. The van der Waals surface area contributed by atoms with Gasteiger partial charge in [-0.25, -0.2) is 4.98 Å². The zero-order valence-corrected chi connectivity index (χ0v) is 16.6. The van der Waals surface area contributed by atoms with Crippen molar-refractivity contribution in [3.8, 4) is 11.4 Å². The second kappa shape index (κ2) is 9.30. The summed E-state index contributed by atoms with van der Waals surface area (Å²) in [5, 5.41) is 17.6. The first kappa shape index (κ1) is 19.8. The predicted octanol–water partition coefficient (Wildman–Crippen LogP) is 4.80. The number of nitrogens with one attached hydrogen (secondary N) is 2. The molecule has 1 saturated carbocycles. The summed E-state index contributed by atoms with van der Waals surface area (Å²) < 4.78 is 0. The molecule has 0 unspecified atom stereocenters. The lowest BCUT2D eigenvalue weighted by atomic mass is 9.96. The van der Waals surface area contributed by atoms with Gasteiger partial charge in [-0.05, 0) is 30.5 Å². The molecule has 30 heavy (non-hydrogen) atoms. The molecule has 4 rings (SSSR count). The fourth-order valence-electron chi connectivity index (χ4n) is 3.61. The number of benzene rings is 1. The Bertz CT molecular complexity index is 988. The third kappa shape index (κ3) is 5.08. The molecule has 2 N–H and O–H groups in total. The molecule has 0 radical (unpaired) electrons. The van der Waals surface area contributed by atoms with Crippen molar-refractivity contribution in [2.75, 3.05) is 10.6 Å². The van der Waals surface area contributed by atoms with Gasteiger partial charge in [0.15, 0.2) is 0 Å². The first-order chi connectivity index (χ1) is 14.7. The molecule has 154 valence electrons. The Hall–Kier alpha value is -3.55. The van der Waals surface area contributed by atoms with E-state index in [9.17, 15) is 10.1 Å². The Morgan fingerprint density at radius 3 is 2.50 bits per heavy atom. The number of anilines is 2. The van der Waals surface area contributed by atoms with Gasteiger partial charge in [0.1, 0.15) is 5.82 Å². The van der Waals surface area contributed by atoms with E-state index in [2.05, 4.69) is 25.6 Å². The molecule has 8 heteroatoms. The molecular formula is C22H24N6O2. The minimum absolute atomic E-state index is 0.0807. The Kier molecular flexibility index (Phi) is 6.12. The summed E-state index contributed by atoms with van der Waals surface area (Å²) in [7, 11) is 0. The zero-order chi connectivity index (χ0) is 20.8. The minimum atomic E-state index is -0.399. The second-order valence-corrected chi connectivity index (χ2v) is 7.43. The van der Waals surface area contributed by atoms with Crippen LogP contribution in [0, 0.1) is 10.1 Å². The average Bonchev–Trinajstić information content (AvgIpc) is 2.79. The van der Waals surface area contributed by atoms with Crippen molar-refractivity contribution in [2.24, 2.45) is 0 Å². The highest BCUT2D eigenvalue weighted by Gasteiger charge is 2.16. The quantitative estimate of drug-likeness (QED) is 0.430. The molecule has 0 amide bonds. The zero-order valence-electron chi connectivity index (χ0n) is 16.6. The van der Waals surface area contributed by atoms with Crippen LogP contribution < -0.4 is 10.6 Å². The first-order valence-electron chi connectivity index (χ1n) is 10.2. The molecule has 1 fully saturated rings. The van der Waals surface area contributed by atoms with E-state index >= 15 is 0 Å². The molecule has 0 atom stereocenters. The summed E-state index contributed by atoms with van der Waals surface area (Å²) >= 11 is 0. The maximum absolute atomic E-state index is 10.8. The molecule has 1 aliphatic carbocycles. The van der Waals surface area contributed by atoms with Gasteiger partial charge < -0.3 is 10.6 Å².